The molecule has 4 heteroatoms. The van der Waals surface area contributed by atoms with Crippen LogP contribution in [0.15, 0.2) is 0 Å². The normalized spacial score (nSPS) is 37.5. The fourth-order valence-electron chi connectivity index (χ4n) is 3.76. The molecule has 2 rings (SSSR count). The highest BCUT2D eigenvalue weighted by Gasteiger charge is 2.49. The Kier molecular flexibility index (Phi) is 4.27. The molecular formula is C14H25F2NO. The van der Waals surface area contributed by atoms with Crippen LogP contribution < -0.4 is 0 Å². The lowest BCUT2D eigenvalue weighted by atomic mass is 9.61. The third kappa shape index (κ3) is 2.85. The second-order valence-corrected chi connectivity index (χ2v) is 6.29. The molecule has 18 heavy (non-hydrogen) atoms. The molecule has 0 bridgehead atoms. The molecular weight excluding hydrogens is 236 g/mol. The maximum absolute atomic E-state index is 12.2. The van der Waals surface area contributed by atoms with Gasteiger partial charge in [-0.2, -0.15) is 8.78 Å². The molecule has 0 aromatic carbocycles. The van der Waals surface area contributed by atoms with Crippen molar-refractivity contribution in [1.29, 1.82) is 0 Å². The summed E-state index contributed by atoms with van der Waals surface area (Å²) in [6.07, 6.45) is 4.99. The van der Waals surface area contributed by atoms with Gasteiger partial charge in [0.1, 0.15) is 0 Å². The lowest BCUT2D eigenvalue weighted by molar-refractivity contribution is -0.217. The quantitative estimate of drug-likeness (QED) is 0.766. The number of hydrogen-bond donors (Lipinski definition) is 0. The molecule has 1 aliphatic carbocycles. The van der Waals surface area contributed by atoms with Gasteiger partial charge in [-0.3, -0.25) is 4.90 Å². The van der Waals surface area contributed by atoms with E-state index in [0.29, 0.717) is 12.1 Å². The monoisotopic (exact) mass is 261 g/mol. The summed E-state index contributed by atoms with van der Waals surface area (Å²) < 4.78 is 28.9. The Labute approximate surface area is 109 Å². The van der Waals surface area contributed by atoms with Crippen molar-refractivity contribution in [3.05, 3.63) is 0 Å². The minimum absolute atomic E-state index is 0.211. The van der Waals surface area contributed by atoms with Crippen LogP contribution in [-0.2, 0) is 4.74 Å². The van der Waals surface area contributed by atoms with Gasteiger partial charge in [-0.25, -0.2) is 0 Å². The highest BCUT2D eigenvalue weighted by Crippen LogP contribution is 2.51. The third-order valence-electron chi connectivity index (χ3n) is 4.75. The van der Waals surface area contributed by atoms with E-state index >= 15 is 0 Å². The van der Waals surface area contributed by atoms with E-state index in [9.17, 15) is 8.78 Å². The van der Waals surface area contributed by atoms with Gasteiger partial charge in [-0.05, 0) is 51.4 Å². The van der Waals surface area contributed by atoms with Crippen molar-refractivity contribution in [3.63, 3.8) is 0 Å². The minimum atomic E-state index is -2.61. The minimum Gasteiger partial charge on any atom is -0.320 e. The Hall–Kier alpha value is -0.220. The summed E-state index contributed by atoms with van der Waals surface area (Å²) in [7, 11) is 0. The van der Waals surface area contributed by atoms with Gasteiger partial charge in [-0.1, -0.05) is 6.92 Å². The number of hydrogen-bond acceptors (Lipinski definition) is 2. The topological polar surface area (TPSA) is 12.5 Å². The summed E-state index contributed by atoms with van der Waals surface area (Å²) in [6.45, 7) is 5.15. The van der Waals surface area contributed by atoms with E-state index in [1.165, 1.54) is 19.3 Å². The van der Waals surface area contributed by atoms with Crippen LogP contribution in [0.2, 0.25) is 0 Å². The molecule has 106 valence electrons. The summed E-state index contributed by atoms with van der Waals surface area (Å²) in [5, 5.41) is 0. The zero-order valence-electron chi connectivity index (χ0n) is 11.7. The first-order chi connectivity index (χ1) is 8.46. The van der Waals surface area contributed by atoms with Crippen LogP contribution in [0.4, 0.5) is 8.78 Å². The van der Waals surface area contributed by atoms with Crippen LogP contribution in [0.5, 0.6) is 0 Å². The molecule has 0 amide bonds. The lowest BCUT2D eigenvalue weighted by Crippen LogP contribution is -2.57. The number of rotatable bonds is 4. The van der Waals surface area contributed by atoms with Crippen molar-refractivity contribution < 1.29 is 13.5 Å². The van der Waals surface area contributed by atoms with Gasteiger partial charge in [0.05, 0.1) is 6.10 Å². The molecule has 1 unspecified atom stereocenters. The molecule has 1 atom stereocenters. The first kappa shape index (κ1) is 14.2. The summed E-state index contributed by atoms with van der Waals surface area (Å²) in [5.41, 5.74) is 0.259. The SMILES string of the molecule is CCC1CCC2(CC(OC(F)F)C2)CN1C(C)C. The van der Waals surface area contributed by atoms with Gasteiger partial charge in [0.2, 0.25) is 0 Å². The summed E-state index contributed by atoms with van der Waals surface area (Å²) in [6, 6.07) is 1.22. The first-order valence-electron chi connectivity index (χ1n) is 7.15. The predicted octanol–water partition coefficient (Wildman–Crippen LogP) is 3.66. The van der Waals surface area contributed by atoms with Crippen molar-refractivity contribution in [1.82, 2.24) is 4.90 Å². The highest BCUT2D eigenvalue weighted by molar-refractivity contribution is 5.01. The van der Waals surface area contributed by atoms with Gasteiger partial charge >= 0.3 is 6.61 Å². The smallest absolute Gasteiger partial charge is 0.320 e. The predicted molar refractivity (Wildman–Crippen MR) is 67.7 cm³/mol. The van der Waals surface area contributed by atoms with Crippen LogP contribution in [0, 0.1) is 5.41 Å². The average molecular weight is 261 g/mol. The van der Waals surface area contributed by atoms with Gasteiger partial charge in [0, 0.05) is 18.6 Å². The molecule has 1 aliphatic heterocycles. The van der Waals surface area contributed by atoms with E-state index in [0.717, 1.165) is 19.4 Å². The molecule has 1 spiro atoms. The van der Waals surface area contributed by atoms with Crippen LogP contribution in [0.25, 0.3) is 0 Å². The number of nitrogens with zero attached hydrogens (tertiary/aromatic N) is 1. The molecule has 0 N–H and O–H groups in total. The average Bonchev–Trinajstić information content (AvgIpc) is 2.26. The van der Waals surface area contributed by atoms with Gasteiger partial charge in [0.15, 0.2) is 0 Å². The zero-order valence-corrected chi connectivity index (χ0v) is 11.7. The fourth-order valence-corrected chi connectivity index (χ4v) is 3.76. The first-order valence-corrected chi connectivity index (χ1v) is 7.15. The number of halogens is 2. The van der Waals surface area contributed by atoms with Gasteiger partial charge in [-0.15, -0.1) is 0 Å². The number of ether oxygens (including phenoxy) is 1. The Morgan fingerprint density at radius 2 is 2.00 bits per heavy atom. The van der Waals surface area contributed by atoms with E-state index in [4.69, 9.17) is 0 Å². The number of likely N-dealkylation sites (tertiary alicyclic amines) is 1. The lowest BCUT2D eigenvalue weighted by Gasteiger charge is -2.55. The molecule has 2 aliphatic rings. The largest absolute Gasteiger partial charge is 0.345 e. The summed E-state index contributed by atoms with van der Waals surface area (Å²) in [4.78, 5) is 2.56. The molecule has 2 fully saturated rings. The molecule has 1 saturated heterocycles. The number of piperidine rings is 1. The van der Waals surface area contributed by atoms with Crippen LogP contribution in [0.3, 0.4) is 0 Å². The second-order valence-electron chi connectivity index (χ2n) is 6.29. The van der Waals surface area contributed by atoms with E-state index in [1.54, 1.807) is 0 Å². The zero-order chi connectivity index (χ0) is 13.3. The van der Waals surface area contributed by atoms with E-state index < -0.39 is 6.61 Å². The van der Waals surface area contributed by atoms with Crippen LogP contribution >= 0.6 is 0 Å². The van der Waals surface area contributed by atoms with Crippen molar-refractivity contribution in [2.45, 2.75) is 77.7 Å². The Balaban J connectivity index is 1.90. The van der Waals surface area contributed by atoms with Crippen molar-refractivity contribution in [2.75, 3.05) is 6.54 Å². The molecule has 0 aromatic rings. The Bertz CT molecular complexity index is 277. The second kappa shape index (κ2) is 5.41. The van der Waals surface area contributed by atoms with Gasteiger partial charge < -0.3 is 4.74 Å². The third-order valence-corrected chi connectivity index (χ3v) is 4.75. The van der Waals surface area contributed by atoms with Crippen molar-refractivity contribution >= 4 is 0 Å². The molecule has 1 saturated carbocycles. The van der Waals surface area contributed by atoms with Crippen LogP contribution in [0.1, 0.15) is 52.9 Å². The number of alkyl halides is 2. The fraction of sp³-hybridized carbons (Fsp3) is 1.00. The van der Waals surface area contributed by atoms with E-state index in [2.05, 4.69) is 30.4 Å². The van der Waals surface area contributed by atoms with E-state index in [1.807, 2.05) is 0 Å². The highest BCUT2D eigenvalue weighted by atomic mass is 19.3. The maximum Gasteiger partial charge on any atom is 0.345 e. The Morgan fingerprint density at radius 1 is 1.33 bits per heavy atom. The Morgan fingerprint density at radius 3 is 2.50 bits per heavy atom. The molecule has 0 radical (unpaired) electrons. The van der Waals surface area contributed by atoms with Crippen molar-refractivity contribution in [3.8, 4) is 0 Å². The maximum atomic E-state index is 12.2. The van der Waals surface area contributed by atoms with Crippen molar-refractivity contribution in [2.24, 2.45) is 5.41 Å². The van der Waals surface area contributed by atoms with Gasteiger partial charge in [0.25, 0.3) is 0 Å². The standard InChI is InChI=1S/C14H25F2NO/c1-4-11-5-6-14(9-17(11)10(2)3)7-12(8-14)18-13(15)16/h10-13H,4-9H2,1-3H3. The van der Waals surface area contributed by atoms with E-state index in [-0.39, 0.29) is 11.5 Å². The molecule has 2 nitrogen and oxygen atoms in total. The summed E-state index contributed by atoms with van der Waals surface area (Å²) in [5.74, 6) is 0. The molecule has 0 aromatic heterocycles. The van der Waals surface area contributed by atoms with Crippen LogP contribution in [-0.4, -0.2) is 36.2 Å². The summed E-state index contributed by atoms with van der Waals surface area (Å²) >= 11 is 0. The molecule has 1 heterocycles.